The Hall–Kier alpha value is -2.18. The van der Waals surface area contributed by atoms with Crippen molar-refractivity contribution in [2.24, 2.45) is 0 Å². The maximum atomic E-state index is 13.0. The molecule has 6 heteroatoms. The second kappa shape index (κ2) is 8.90. The molecule has 0 spiro atoms. The summed E-state index contributed by atoms with van der Waals surface area (Å²) in [4.78, 5) is 2.62. The molecule has 1 fully saturated rings. The molecule has 0 N–H and O–H groups in total. The van der Waals surface area contributed by atoms with Crippen molar-refractivity contribution >= 4 is 21.6 Å². The Balaban J connectivity index is 1.56. The maximum absolute atomic E-state index is 13.0. The Morgan fingerprint density at radius 2 is 1.43 bits per heavy atom. The number of nitrogens with zero attached hydrogens (tertiary/aromatic N) is 2. The van der Waals surface area contributed by atoms with Gasteiger partial charge in [0.2, 0.25) is 10.0 Å². The molecule has 0 unspecified atom stereocenters. The van der Waals surface area contributed by atoms with Gasteiger partial charge in [-0.3, -0.25) is 4.90 Å². The van der Waals surface area contributed by atoms with Gasteiger partial charge in [0.1, 0.15) is 0 Å². The number of hydrogen-bond acceptors (Lipinski definition) is 3. The zero-order chi connectivity index (χ0) is 21.1. The molecule has 0 saturated carbocycles. The number of rotatable bonds is 5. The molecule has 30 heavy (non-hydrogen) atoms. The first-order chi connectivity index (χ1) is 14.4. The standard InChI is InChI=1S/C24H25ClN2O2S/c1-19-10-12-21(13-11-19)24(20-6-3-2-4-7-20)26-14-16-27(17-15-26)30(28,29)23-9-5-8-22(25)18-23/h2-13,18,24H,14-17H2,1H3/t24-/m1/s1. The van der Waals surface area contributed by atoms with E-state index >= 15 is 0 Å². The molecular weight excluding hydrogens is 416 g/mol. The van der Waals surface area contributed by atoms with Gasteiger partial charge in [-0.05, 0) is 36.2 Å². The van der Waals surface area contributed by atoms with Gasteiger partial charge in [0, 0.05) is 31.2 Å². The maximum Gasteiger partial charge on any atom is 0.243 e. The van der Waals surface area contributed by atoms with E-state index in [1.54, 1.807) is 22.5 Å². The lowest BCUT2D eigenvalue weighted by Crippen LogP contribution is -2.49. The third-order valence-electron chi connectivity index (χ3n) is 5.58. The zero-order valence-electron chi connectivity index (χ0n) is 16.9. The Bertz CT molecular complexity index is 1090. The van der Waals surface area contributed by atoms with E-state index < -0.39 is 10.0 Å². The van der Waals surface area contributed by atoms with Crippen LogP contribution in [0.4, 0.5) is 0 Å². The minimum absolute atomic E-state index is 0.0998. The number of hydrogen-bond donors (Lipinski definition) is 0. The number of piperazine rings is 1. The largest absolute Gasteiger partial charge is 0.290 e. The van der Waals surface area contributed by atoms with Crippen molar-refractivity contribution in [3.05, 3.63) is 101 Å². The molecule has 0 radical (unpaired) electrons. The smallest absolute Gasteiger partial charge is 0.243 e. The molecule has 3 aromatic rings. The van der Waals surface area contributed by atoms with Crippen molar-refractivity contribution in [3.8, 4) is 0 Å². The molecule has 1 atom stereocenters. The lowest BCUT2D eigenvalue weighted by atomic mass is 9.96. The zero-order valence-corrected chi connectivity index (χ0v) is 18.5. The van der Waals surface area contributed by atoms with Crippen LogP contribution in [-0.2, 0) is 10.0 Å². The third kappa shape index (κ3) is 4.44. The fourth-order valence-electron chi connectivity index (χ4n) is 3.98. The number of sulfonamides is 1. The Morgan fingerprint density at radius 1 is 0.800 bits per heavy atom. The Morgan fingerprint density at radius 3 is 2.07 bits per heavy atom. The van der Waals surface area contributed by atoms with Gasteiger partial charge >= 0.3 is 0 Å². The monoisotopic (exact) mass is 440 g/mol. The average Bonchev–Trinajstić information content (AvgIpc) is 2.76. The molecule has 1 aliphatic rings. The van der Waals surface area contributed by atoms with Crippen LogP contribution in [0.15, 0.2) is 83.8 Å². The van der Waals surface area contributed by atoms with Crippen LogP contribution < -0.4 is 0 Å². The summed E-state index contributed by atoms with van der Waals surface area (Å²) in [5, 5.41) is 0.429. The van der Waals surface area contributed by atoms with Gasteiger partial charge in [-0.25, -0.2) is 8.42 Å². The first kappa shape index (κ1) is 21.1. The first-order valence-corrected chi connectivity index (χ1v) is 11.9. The first-order valence-electron chi connectivity index (χ1n) is 10.1. The molecule has 1 aliphatic heterocycles. The molecule has 1 heterocycles. The van der Waals surface area contributed by atoms with Crippen LogP contribution in [0.5, 0.6) is 0 Å². The Labute approximate surface area is 183 Å². The van der Waals surface area contributed by atoms with Crippen LogP contribution >= 0.6 is 11.6 Å². The summed E-state index contributed by atoms with van der Waals surface area (Å²) < 4.78 is 27.6. The van der Waals surface area contributed by atoms with Gasteiger partial charge in [0.05, 0.1) is 10.9 Å². The molecule has 156 valence electrons. The van der Waals surface area contributed by atoms with Gasteiger partial charge in [-0.15, -0.1) is 0 Å². The van der Waals surface area contributed by atoms with E-state index in [9.17, 15) is 8.42 Å². The van der Waals surface area contributed by atoms with Gasteiger partial charge in [-0.1, -0.05) is 77.8 Å². The molecular formula is C24H25ClN2O2S. The van der Waals surface area contributed by atoms with Crippen LogP contribution in [0.2, 0.25) is 5.02 Å². The molecule has 1 saturated heterocycles. The van der Waals surface area contributed by atoms with E-state index in [2.05, 4.69) is 60.4 Å². The van der Waals surface area contributed by atoms with Crippen LogP contribution in [-0.4, -0.2) is 43.8 Å². The Kier molecular flexibility index (Phi) is 6.25. The van der Waals surface area contributed by atoms with E-state index in [1.807, 2.05) is 6.07 Å². The molecule has 0 bridgehead atoms. The highest BCUT2D eigenvalue weighted by molar-refractivity contribution is 7.89. The summed E-state index contributed by atoms with van der Waals surface area (Å²) in [6, 6.07) is 25.6. The lowest BCUT2D eigenvalue weighted by Gasteiger charge is -2.39. The van der Waals surface area contributed by atoms with E-state index in [0.717, 1.165) is 0 Å². The summed E-state index contributed by atoms with van der Waals surface area (Å²) in [7, 11) is -3.55. The SMILES string of the molecule is Cc1ccc([C@@H](c2ccccc2)N2CCN(S(=O)(=O)c3cccc(Cl)c3)CC2)cc1. The number of aryl methyl sites for hydroxylation is 1. The predicted molar refractivity (Wildman–Crippen MR) is 121 cm³/mol. The molecule has 0 aliphatic carbocycles. The van der Waals surface area contributed by atoms with Gasteiger partial charge in [0.15, 0.2) is 0 Å². The summed E-state index contributed by atoms with van der Waals surface area (Å²) in [5.74, 6) is 0. The van der Waals surface area contributed by atoms with Gasteiger partial charge in [0.25, 0.3) is 0 Å². The number of benzene rings is 3. The highest BCUT2D eigenvalue weighted by atomic mass is 35.5. The van der Waals surface area contributed by atoms with Crippen LogP contribution in [0.1, 0.15) is 22.7 Å². The summed E-state index contributed by atoms with van der Waals surface area (Å²) >= 11 is 6.01. The van der Waals surface area contributed by atoms with Gasteiger partial charge in [-0.2, -0.15) is 4.31 Å². The molecule has 4 rings (SSSR count). The van der Waals surface area contributed by atoms with Crippen molar-refractivity contribution < 1.29 is 8.42 Å². The lowest BCUT2D eigenvalue weighted by molar-refractivity contribution is 0.156. The van der Waals surface area contributed by atoms with E-state index in [-0.39, 0.29) is 10.9 Å². The minimum atomic E-state index is -3.55. The topological polar surface area (TPSA) is 40.6 Å². The third-order valence-corrected chi connectivity index (χ3v) is 7.71. The van der Waals surface area contributed by atoms with Gasteiger partial charge < -0.3 is 0 Å². The second-order valence-electron chi connectivity index (χ2n) is 7.62. The molecule has 0 aromatic heterocycles. The number of halogens is 1. The van der Waals surface area contributed by atoms with Crippen LogP contribution in [0, 0.1) is 6.92 Å². The van der Waals surface area contributed by atoms with Crippen LogP contribution in [0.25, 0.3) is 0 Å². The highest BCUT2D eigenvalue weighted by Crippen LogP contribution is 2.31. The highest BCUT2D eigenvalue weighted by Gasteiger charge is 2.32. The summed E-state index contributed by atoms with van der Waals surface area (Å²) in [5.41, 5.74) is 3.66. The van der Waals surface area contributed by atoms with E-state index in [0.29, 0.717) is 31.2 Å². The van der Waals surface area contributed by atoms with Crippen LogP contribution in [0.3, 0.4) is 0 Å². The normalized spacial score (nSPS) is 17.0. The van der Waals surface area contributed by atoms with E-state index in [4.69, 9.17) is 11.6 Å². The second-order valence-corrected chi connectivity index (χ2v) is 10.00. The summed E-state index contributed by atoms with van der Waals surface area (Å²) in [6.07, 6.45) is 0. The van der Waals surface area contributed by atoms with Crippen molar-refractivity contribution in [2.75, 3.05) is 26.2 Å². The van der Waals surface area contributed by atoms with Crippen molar-refractivity contribution in [2.45, 2.75) is 17.9 Å². The molecule has 4 nitrogen and oxygen atoms in total. The van der Waals surface area contributed by atoms with Crippen molar-refractivity contribution in [1.29, 1.82) is 0 Å². The summed E-state index contributed by atoms with van der Waals surface area (Å²) in [6.45, 7) is 4.30. The van der Waals surface area contributed by atoms with Crippen molar-refractivity contribution in [1.82, 2.24) is 9.21 Å². The predicted octanol–water partition coefficient (Wildman–Crippen LogP) is 4.74. The average molecular weight is 441 g/mol. The minimum Gasteiger partial charge on any atom is -0.290 e. The quantitative estimate of drug-likeness (QED) is 0.575. The molecule has 0 amide bonds. The fourth-order valence-corrected chi connectivity index (χ4v) is 5.70. The fraction of sp³-hybridized carbons (Fsp3) is 0.250. The van der Waals surface area contributed by atoms with E-state index in [1.165, 1.54) is 22.8 Å². The molecule has 3 aromatic carbocycles. The van der Waals surface area contributed by atoms with Crippen molar-refractivity contribution in [3.63, 3.8) is 0 Å².